The van der Waals surface area contributed by atoms with Crippen LogP contribution < -0.4 is 5.73 Å². The van der Waals surface area contributed by atoms with Gasteiger partial charge in [0.05, 0.1) is 4.88 Å². The van der Waals surface area contributed by atoms with Crippen molar-refractivity contribution in [3.8, 4) is 0 Å². The van der Waals surface area contributed by atoms with Crippen LogP contribution in [0.25, 0.3) is 0 Å². The van der Waals surface area contributed by atoms with Crippen LogP contribution in [0.2, 0.25) is 0 Å². The second kappa shape index (κ2) is 4.06. The molecular formula is C6H10N2OS2. The zero-order valence-corrected chi connectivity index (χ0v) is 7.78. The first-order chi connectivity index (χ1) is 5.27. The van der Waals surface area contributed by atoms with E-state index in [-0.39, 0.29) is 6.54 Å². The summed E-state index contributed by atoms with van der Waals surface area (Å²) >= 11 is 3.06. The third kappa shape index (κ3) is 2.16. The summed E-state index contributed by atoms with van der Waals surface area (Å²) < 4.78 is 0.965. The number of aromatic nitrogens is 1. The van der Waals surface area contributed by atoms with Gasteiger partial charge in [0, 0.05) is 12.7 Å². The van der Waals surface area contributed by atoms with Crippen molar-refractivity contribution in [2.24, 2.45) is 5.73 Å². The van der Waals surface area contributed by atoms with Crippen molar-refractivity contribution in [2.75, 3.05) is 12.8 Å². The number of aliphatic hydroxyl groups is 1. The number of hydrogen-bond donors (Lipinski definition) is 2. The second-order valence-electron chi connectivity index (χ2n) is 1.98. The number of hydrogen-bond acceptors (Lipinski definition) is 5. The fourth-order valence-corrected chi connectivity index (χ4v) is 2.06. The van der Waals surface area contributed by atoms with Crippen LogP contribution >= 0.6 is 23.1 Å². The van der Waals surface area contributed by atoms with E-state index >= 15 is 0 Å². The molecule has 62 valence electrons. The highest BCUT2D eigenvalue weighted by Gasteiger charge is 2.08. The molecule has 1 unspecified atom stereocenters. The Morgan fingerprint density at radius 1 is 1.91 bits per heavy atom. The predicted molar refractivity (Wildman–Crippen MR) is 47.9 cm³/mol. The Balaban J connectivity index is 2.71. The van der Waals surface area contributed by atoms with Gasteiger partial charge < -0.3 is 10.8 Å². The Hall–Kier alpha value is -0.100. The average Bonchev–Trinajstić information content (AvgIpc) is 2.50. The fourth-order valence-electron chi connectivity index (χ4n) is 0.634. The van der Waals surface area contributed by atoms with Gasteiger partial charge in [0.15, 0.2) is 0 Å². The van der Waals surface area contributed by atoms with Crippen LogP contribution in [-0.4, -0.2) is 22.9 Å². The molecule has 1 aromatic heterocycles. The van der Waals surface area contributed by atoms with Crippen LogP contribution in [-0.2, 0) is 0 Å². The van der Waals surface area contributed by atoms with Crippen LogP contribution in [0.15, 0.2) is 10.5 Å². The van der Waals surface area contributed by atoms with E-state index in [1.807, 2.05) is 6.26 Å². The molecule has 1 rings (SSSR count). The van der Waals surface area contributed by atoms with Crippen molar-refractivity contribution < 1.29 is 5.11 Å². The monoisotopic (exact) mass is 190 g/mol. The summed E-state index contributed by atoms with van der Waals surface area (Å²) in [5.41, 5.74) is 5.28. The summed E-state index contributed by atoms with van der Waals surface area (Å²) in [5.74, 6) is 0. The van der Waals surface area contributed by atoms with E-state index in [0.717, 1.165) is 9.22 Å². The van der Waals surface area contributed by atoms with Crippen molar-refractivity contribution in [1.82, 2.24) is 4.98 Å². The quantitative estimate of drug-likeness (QED) is 0.694. The minimum Gasteiger partial charge on any atom is -0.386 e. The predicted octanol–water partition coefficient (Wildman–Crippen LogP) is 0.857. The topological polar surface area (TPSA) is 59.1 Å². The van der Waals surface area contributed by atoms with Crippen LogP contribution in [0.3, 0.4) is 0 Å². The normalized spacial score (nSPS) is 13.4. The summed E-state index contributed by atoms with van der Waals surface area (Å²) in [6, 6.07) is 0. The summed E-state index contributed by atoms with van der Waals surface area (Å²) in [4.78, 5) is 4.91. The molecule has 0 bridgehead atoms. The molecule has 3 N–H and O–H groups in total. The summed E-state index contributed by atoms with van der Waals surface area (Å²) in [7, 11) is 0. The first-order valence-corrected chi connectivity index (χ1v) is 5.20. The molecule has 0 saturated carbocycles. The van der Waals surface area contributed by atoms with Crippen molar-refractivity contribution in [1.29, 1.82) is 0 Å². The molecule has 0 amide bonds. The molecule has 0 fully saturated rings. The van der Waals surface area contributed by atoms with Gasteiger partial charge in [0.2, 0.25) is 0 Å². The van der Waals surface area contributed by atoms with Crippen LogP contribution in [0.5, 0.6) is 0 Å². The Morgan fingerprint density at radius 2 is 2.64 bits per heavy atom. The molecular weight excluding hydrogens is 180 g/mol. The number of thiazole rings is 1. The largest absolute Gasteiger partial charge is 0.386 e. The minimum atomic E-state index is -0.548. The highest BCUT2D eigenvalue weighted by atomic mass is 32.2. The lowest BCUT2D eigenvalue weighted by molar-refractivity contribution is 0.190. The van der Waals surface area contributed by atoms with Gasteiger partial charge in [0.1, 0.15) is 10.4 Å². The fraction of sp³-hybridized carbons (Fsp3) is 0.500. The van der Waals surface area contributed by atoms with Crippen molar-refractivity contribution in [3.63, 3.8) is 0 Å². The van der Waals surface area contributed by atoms with Gasteiger partial charge >= 0.3 is 0 Å². The number of nitrogens with zero attached hydrogens (tertiary/aromatic N) is 1. The molecule has 3 nitrogen and oxygen atoms in total. The number of thioether (sulfide) groups is 1. The third-order valence-corrected chi connectivity index (χ3v) is 3.33. The molecule has 0 spiro atoms. The molecule has 1 atom stereocenters. The van der Waals surface area contributed by atoms with Gasteiger partial charge in [-0.2, -0.15) is 0 Å². The van der Waals surface area contributed by atoms with Gasteiger partial charge in [-0.05, 0) is 6.26 Å². The van der Waals surface area contributed by atoms with Crippen LogP contribution in [0.4, 0.5) is 0 Å². The average molecular weight is 190 g/mol. The van der Waals surface area contributed by atoms with Gasteiger partial charge in [-0.25, -0.2) is 4.98 Å². The molecule has 1 heterocycles. The van der Waals surface area contributed by atoms with E-state index in [9.17, 15) is 5.11 Å². The lowest BCUT2D eigenvalue weighted by Crippen LogP contribution is -2.09. The molecule has 0 saturated heterocycles. The Bertz CT molecular complexity index is 226. The smallest absolute Gasteiger partial charge is 0.149 e. The van der Waals surface area contributed by atoms with E-state index in [4.69, 9.17) is 5.73 Å². The molecule has 0 aromatic carbocycles. The lowest BCUT2D eigenvalue weighted by Gasteiger charge is -2.00. The Kier molecular flexibility index (Phi) is 3.32. The summed E-state index contributed by atoms with van der Waals surface area (Å²) in [6.45, 7) is 0.260. The molecule has 0 aliphatic rings. The lowest BCUT2D eigenvalue weighted by atomic mass is 10.3. The van der Waals surface area contributed by atoms with E-state index in [1.54, 1.807) is 18.0 Å². The van der Waals surface area contributed by atoms with Crippen LogP contribution in [0, 0.1) is 0 Å². The maximum atomic E-state index is 9.27. The van der Waals surface area contributed by atoms with Gasteiger partial charge in [-0.1, -0.05) is 11.8 Å². The molecule has 1 aromatic rings. The maximum Gasteiger partial charge on any atom is 0.149 e. The molecule has 0 aliphatic carbocycles. The third-order valence-electron chi connectivity index (χ3n) is 1.23. The first-order valence-electron chi connectivity index (χ1n) is 3.15. The van der Waals surface area contributed by atoms with Gasteiger partial charge in [0.25, 0.3) is 0 Å². The van der Waals surface area contributed by atoms with E-state index in [0.29, 0.717) is 0 Å². The first kappa shape index (κ1) is 8.99. The Labute approximate surface area is 73.6 Å². The van der Waals surface area contributed by atoms with E-state index < -0.39 is 6.10 Å². The SMILES string of the molecule is CSc1ncc(C(O)CN)s1. The van der Waals surface area contributed by atoms with Crippen LogP contribution in [0.1, 0.15) is 11.0 Å². The van der Waals surface area contributed by atoms with E-state index in [2.05, 4.69) is 4.98 Å². The zero-order chi connectivity index (χ0) is 8.27. The number of aliphatic hydroxyl groups excluding tert-OH is 1. The second-order valence-corrected chi connectivity index (χ2v) is 4.10. The zero-order valence-electron chi connectivity index (χ0n) is 6.15. The standard InChI is InChI=1S/C6H10N2OS2/c1-10-6-8-3-5(11-6)4(9)2-7/h3-4,9H,2,7H2,1H3. The van der Waals surface area contributed by atoms with Gasteiger partial charge in [-0.3, -0.25) is 0 Å². The maximum absolute atomic E-state index is 9.27. The van der Waals surface area contributed by atoms with Crippen molar-refractivity contribution in [2.45, 2.75) is 10.4 Å². The highest BCUT2D eigenvalue weighted by Crippen LogP contribution is 2.25. The summed E-state index contributed by atoms with van der Waals surface area (Å²) in [6.07, 6.45) is 3.08. The molecule has 0 aliphatic heterocycles. The molecule has 11 heavy (non-hydrogen) atoms. The molecule has 5 heteroatoms. The van der Waals surface area contributed by atoms with Crippen molar-refractivity contribution in [3.05, 3.63) is 11.1 Å². The van der Waals surface area contributed by atoms with Crippen molar-refractivity contribution >= 4 is 23.1 Å². The number of nitrogens with two attached hydrogens (primary N) is 1. The summed E-state index contributed by atoms with van der Waals surface area (Å²) in [5, 5.41) is 9.27. The molecule has 0 radical (unpaired) electrons. The Morgan fingerprint density at radius 3 is 3.09 bits per heavy atom. The minimum absolute atomic E-state index is 0.260. The van der Waals surface area contributed by atoms with E-state index in [1.165, 1.54) is 11.3 Å². The van der Waals surface area contributed by atoms with Gasteiger partial charge in [-0.15, -0.1) is 11.3 Å². The number of rotatable bonds is 3. The highest BCUT2D eigenvalue weighted by molar-refractivity contribution is 8.00.